The standard InChI is InChI=1S/C15H20BrNO2/c1-12-3-2-4-14(11-12)19-10-7-15(18)17-8-5-13(16)6-9-17/h2-4,11,13H,5-10H2,1H3. The van der Waals surface area contributed by atoms with Crippen LogP contribution in [0.3, 0.4) is 0 Å². The predicted molar refractivity (Wildman–Crippen MR) is 79.8 cm³/mol. The van der Waals surface area contributed by atoms with Crippen LogP contribution in [0.2, 0.25) is 0 Å². The Labute approximate surface area is 123 Å². The van der Waals surface area contributed by atoms with Gasteiger partial charge in [-0.2, -0.15) is 0 Å². The van der Waals surface area contributed by atoms with E-state index in [9.17, 15) is 4.79 Å². The van der Waals surface area contributed by atoms with Gasteiger partial charge >= 0.3 is 0 Å². The van der Waals surface area contributed by atoms with Crippen molar-refractivity contribution in [2.45, 2.75) is 31.0 Å². The second kappa shape index (κ2) is 6.94. The highest BCUT2D eigenvalue weighted by molar-refractivity contribution is 9.09. The highest BCUT2D eigenvalue weighted by Crippen LogP contribution is 2.18. The first-order valence-corrected chi connectivity index (χ1v) is 7.68. The van der Waals surface area contributed by atoms with Crippen molar-refractivity contribution in [3.8, 4) is 5.75 Å². The Morgan fingerprint density at radius 1 is 1.42 bits per heavy atom. The van der Waals surface area contributed by atoms with Crippen LogP contribution in [0.15, 0.2) is 24.3 Å². The molecule has 1 fully saturated rings. The lowest BCUT2D eigenvalue weighted by Crippen LogP contribution is -2.39. The van der Waals surface area contributed by atoms with Crippen LogP contribution in [0.1, 0.15) is 24.8 Å². The van der Waals surface area contributed by atoms with Gasteiger partial charge in [-0.1, -0.05) is 28.1 Å². The van der Waals surface area contributed by atoms with Gasteiger partial charge in [0.05, 0.1) is 13.0 Å². The molecule has 104 valence electrons. The number of benzene rings is 1. The number of aryl methyl sites for hydroxylation is 1. The van der Waals surface area contributed by atoms with Crippen molar-refractivity contribution in [1.82, 2.24) is 4.90 Å². The zero-order valence-electron chi connectivity index (χ0n) is 11.3. The van der Waals surface area contributed by atoms with Crippen LogP contribution in [-0.4, -0.2) is 35.3 Å². The van der Waals surface area contributed by atoms with E-state index < -0.39 is 0 Å². The van der Waals surface area contributed by atoms with Crippen molar-refractivity contribution < 1.29 is 9.53 Å². The monoisotopic (exact) mass is 325 g/mol. The molecule has 0 unspecified atom stereocenters. The number of nitrogens with zero attached hydrogens (tertiary/aromatic N) is 1. The van der Waals surface area contributed by atoms with E-state index >= 15 is 0 Å². The van der Waals surface area contributed by atoms with Gasteiger partial charge in [0.15, 0.2) is 0 Å². The average molecular weight is 326 g/mol. The highest BCUT2D eigenvalue weighted by Gasteiger charge is 2.20. The van der Waals surface area contributed by atoms with Crippen LogP contribution in [0.5, 0.6) is 5.75 Å². The summed E-state index contributed by atoms with van der Waals surface area (Å²) < 4.78 is 5.61. The van der Waals surface area contributed by atoms with Gasteiger partial charge in [0.25, 0.3) is 0 Å². The summed E-state index contributed by atoms with van der Waals surface area (Å²) >= 11 is 3.59. The summed E-state index contributed by atoms with van der Waals surface area (Å²) in [6.07, 6.45) is 2.55. The number of carbonyl (C=O) groups excluding carboxylic acids is 1. The van der Waals surface area contributed by atoms with Gasteiger partial charge in [-0.25, -0.2) is 0 Å². The second-order valence-corrected chi connectivity index (χ2v) is 6.27. The molecule has 3 nitrogen and oxygen atoms in total. The first-order valence-electron chi connectivity index (χ1n) is 6.76. The van der Waals surface area contributed by atoms with Gasteiger partial charge in [-0.05, 0) is 37.5 Å². The van der Waals surface area contributed by atoms with E-state index in [0.29, 0.717) is 17.9 Å². The molecule has 1 saturated heterocycles. The smallest absolute Gasteiger partial charge is 0.225 e. The molecule has 0 spiro atoms. The highest BCUT2D eigenvalue weighted by atomic mass is 79.9. The maximum Gasteiger partial charge on any atom is 0.225 e. The first-order chi connectivity index (χ1) is 9.15. The molecule has 1 aliphatic rings. The molecule has 0 aromatic heterocycles. The van der Waals surface area contributed by atoms with Crippen molar-refractivity contribution in [2.24, 2.45) is 0 Å². The fourth-order valence-corrected chi connectivity index (χ4v) is 2.63. The molecule has 0 saturated carbocycles. The molecule has 0 bridgehead atoms. The molecule has 4 heteroatoms. The Morgan fingerprint density at radius 2 is 2.16 bits per heavy atom. The topological polar surface area (TPSA) is 29.5 Å². The molecule has 1 aromatic rings. The molecule has 2 rings (SSSR count). The van der Waals surface area contributed by atoms with Gasteiger partial charge < -0.3 is 9.64 Å². The zero-order valence-corrected chi connectivity index (χ0v) is 12.9. The fraction of sp³-hybridized carbons (Fsp3) is 0.533. The molecule has 1 aliphatic heterocycles. The number of amides is 1. The number of hydrogen-bond acceptors (Lipinski definition) is 2. The fourth-order valence-electron chi connectivity index (χ4n) is 2.22. The third-order valence-corrected chi connectivity index (χ3v) is 4.27. The number of carbonyl (C=O) groups is 1. The minimum Gasteiger partial charge on any atom is -0.493 e. The minimum atomic E-state index is 0.201. The van der Waals surface area contributed by atoms with Gasteiger partial charge in [0.1, 0.15) is 5.75 Å². The maximum absolute atomic E-state index is 12.0. The number of hydrogen-bond donors (Lipinski definition) is 0. The Balaban J connectivity index is 1.72. The number of likely N-dealkylation sites (tertiary alicyclic amines) is 1. The molecule has 0 N–H and O–H groups in total. The Morgan fingerprint density at radius 3 is 2.84 bits per heavy atom. The first kappa shape index (κ1) is 14.4. The summed E-state index contributed by atoms with van der Waals surface area (Å²) in [6.45, 7) is 4.21. The van der Waals surface area contributed by atoms with Gasteiger partial charge in [-0.15, -0.1) is 0 Å². The molecule has 1 aromatic carbocycles. The second-order valence-electron chi connectivity index (χ2n) is 4.97. The molecule has 1 heterocycles. The van der Waals surface area contributed by atoms with Crippen LogP contribution >= 0.6 is 15.9 Å². The van der Waals surface area contributed by atoms with E-state index in [-0.39, 0.29) is 5.91 Å². The third-order valence-electron chi connectivity index (χ3n) is 3.35. The number of halogens is 1. The van der Waals surface area contributed by atoms with E-state index in [1.54, 1.807) is 0 Å². The van der Waals surface area contributed by atoms with Gasteiger partial charge in [0.2, 0.25) is 5.91 Å². The minimum absolute atomic E-state index is 0.201. The van der Waals surface area contributed by atoms with E-state index in [2.05, 4.69) is 15.9 Å². The summed E-state index contributed by atoms with van der Waals surface area (Å²) in [5, 5.41) is 0. The molecular formula is C15H20BrNO2. The Bertz CT molecular complexity index is 428. The summed E-state index contributed by atoms with van der Waals surface area (Å²) in [6, 6.07) is 7.91. The van der Waals surface area contributed by atoms with Crippen molar-refractivity contribution in [1.29, 1.82) is 0 Å². The number of ether oxygens (including phenoxy) is 1. The summed E-state index contributed by atoms with van der Waals surface area (Å²) in [4.78, 5) is 14.5. The SMILES string of the molecule is Cc1cccc(OCCC(=O)N2CCC(Br)CC2)c1. The van der Waals surface area contributed by atoms with Crippen LogP contribution in [0.4, 0.5) is 0 Å². The maximum atomic E-state index is 12.0. The average Bonchev–Trinajstić information content (AvgIpc) is 2.39. The Kier molecular flexibility index (Phi) is 5.25. The summed E-state index contributed by atoms with van der Waals surface area (Å²) in [7, 11) is 0. The number of alkyl halides is 1. The van der Waals surface area contributed by atoms with E-state index in [4.69, 9.17) is 4.74 Å². The summed E-state index contributed by atoms with van der Waals surface area (Å²) in [5.74, 6) is 1.04. The lowest BCUT2D eigenvalue weighted by molar-refractivity contribution is -0.132. The normalized spacial score (nSPS) is 16.4. The van der Waals surface area contributed by atoms with Crippen LogP contribution < -0.4 is 4.74 Å². The van der Waals surface area contributed by atoms with Crippen LogP contribution in [-0.2, 0) is 4.79 Å². The molecule has 0 atom stereocenters. The van der Waals surface area contributed by atoms with Crippen molar-refractivity contribution in [3.63, 3.8) is 0 Å². The van der Waals surface area contributed by atoms with Crippen LogP contribution in [0, 0.1) is 6.92 Å². The quantitative estimate of drug-likeness (QED) is 0.796. The lowest BCUT2D eigenvalue weighted by Gasteiger charge is -2.29. The van der Waals surface area contributed by atoms with Crippen LogP contribution in [0.25, 0.3) is 0 Å². The molecule has 0 radical (unpaired) electrons. The predicted octanol–water partition coefficient (Wildman–Crippen LogP) is 3.15. The van der Waals surface area contributed by atoms with E-state index in [0.717, 1.165) is 31.7 Å². The molecule has 0 aliphatic carbocycles. The lowest BCUT2D eigenvalue weighted by atomic mass is 10.1. The van der Waals surface area contributed by atoms with Gasteiger partial charge in [-0.3, -0.25) is 4.79 Å². The third kappa shape index (κ3) is 4.53. The number of rotatable bonds is 4. The summed E-state index contributed by atoms with van der Waals surface area (Å²) in [5.41, 5.74) is 1.17. The zero-order chi connectivity index (χ0) is 13.7. The van der Waals surface area contributed by atoms with Crippen molar-refractivity contribution in [2.75, 3.05) is 19.7 Å². The Hall–Kier alpha value is -1.03. The van der Waals surface area contributed by atoms with E-state index in [1.165, 1.54) is 5.56 Å². The van der Waals surface area contributed by atoms with Gasteiger partial charge in [0, 0.05) is 17.9 Å². The molecule has 1 amide bonds. The van der Waals surface area contributed by atoms with Crippen molar-refractivity contribution >= 4 is 21.8 Å². The number of piperidine rings is 1. The largest absolute Gasteiger partial charge is 0.493 e. The molecular weight excluding hydrogens is 306 g/mol. The molecule has 19 heavy (non-hydrogen) atoms. The van der Waals surface area contributed by atoms with Crippen molar-refractivity contribution in [3.05, 3.63) is 29.8 Å². The van der Waals surface area contributed by atoms with E-state index in [1.807, 2.05) is 36.1 Å².